The van der Waals surface area contributed by atoms with E-state index in [0.717, 1.165) is 72.7 Å². The number of carbonyl (C=O) groups is 1. The van der Waals surface area contributed by atoms with Crippen LogP contribution in [-0.2, 0) is 11.3 Å². The Morgan fingerprint density at radius 1 is 1.15 bits per heavy atom. The van der Waals surface area contributed by atoms with E-state index in [-0.39, 0.29) is 6.79 Å². The highest BCUT2D eigenvalue weighted by Crippen LogP contribution is 2.43. The molecule has 1 aromatic carbocycles. The van der Waals surface area contributed by atoms with E-state index in [4.69, 9.17) is 20.2 Å². The first-order valence-electron chi connectivity index (χ1n) is 11.6. The summed E-state index contributed by atoms with van der Waals surface area (Å²) in [5.74, 6) is 3.81. The number of halogens is 1. The van der Waals surface area contributed by atoms with Gasteiger partial charge in [0.1, 0.15) is 0 Å². The van der Waals surface area contributed by atoms with Crippen LogP contribution in [-0.4, -0.2) is 50.2 Å². The van der Waals surface area contributed by atoms with Crippen molar-refractivity contribution < 1.29 is 14.3 Å². The fraction of sp³-hybridized carbons (Fsp3) is 0.478. The number of carbonyl (C=O) groups excluding carboxylic acids is 1. The molecule has 4 aliphatic heterocycles. The molecule has 0 spiro atoms. The van der Waals surface area contributed by atoms with Crippen molar-refractivity contribution in [3.8, 4) is 23.0 Å². The zero-order valence-electron chi connectivity index (χ0n) is 18.6. The molecule has 1 aromatic rings. The number of nitrogen functional groups attached to an aromatic ring is 1. The number of ether oxygens (including phenoxy) is 2. The van der Waals surface area contributed by atoms with Crippen molar-refractivity contribution in [3.63, 3.8) is 0 Å². The van der Waals surface area contributed by atoms with Gasteiger partial charge in [-0.1, -0.05) is 0 Å². The van der Waals surface area contributed by atoms with Crippen LogP contribution in [0.4, 0.5) is 5.82 Å². The zero-order chi connectivity index (χ0) is 23.2. The quantitative estimate of drug-likeness (QED) is 0.495. The number of nitrogens with zero attached hydrogens (tertiary/aromatic N) is 5. The van der Waals surface area contributed by atoms with Crippen molar-refractivity contribution >= 4 is 39.4 Å². The number of aromatic nitrogens is 4. The molecule has 0 aromatic heterocycles. The molecule has 1 amide bonds. The molecule has 34 heavy (non-hydrogen) atoms. The van der Waals surface area contributed by atoms with E-state index in [1.165, 1.54) is 11.8 Å². The van der Waals surface area contributed by atoms with Crippen LogP contribution in [0.3, 0.4) is 0 Å². The number of imidazole rings is 1. The Bertz CT molecular complexity index is 1210. The van der Waals surface area contributed by atoms with E-state index in [1.807, 2.05) is 16.7 Å². The van der Waals surface area contributed by atoms with E-state index in [0.29, 0.717) is 40.2 Å². The van der Waals surface area contributed by atoms with Crippen LogP contribution in [0.1, 0.15) is 32.1 Å². The van der Waals surface area contributed by atoms with Crippen LogP contribution in [0.5, 0.6) is 11.5 Å². The summed E-state index contributed by atoms with van der Waals surface area (Å²) in [5, 5.41) is 0.606. The molecular formula is C23H25BrN6O3S. The Labute approximate surface area is 209 Å². The van der Waals surface area contributed by atoms with Gasteiger partial charge in [0.25, 0.3) is 0 Å². The summed E-state index contributed by atoms with van der Waals surface area (Å²) in [6.45, 7) is 2.77. The summed E-state index contributed by atoms with van der Waals surface area (Å²) < 4.78 is 13.9. The van der Waals surface area contributed by atoms with Crippen LogP contribution in [0, 0.1) is 11.8 Å². The highest BCUT2D eigenvalue weighted by Gasteiger charge is 2.35. The highest BCUT2D eigenvalue weighted by atomic mass is 79.9. The van der Waals surface area contributed by atoms with Gasteiger partial charge in [-0.2, -0.15) is 0 Å². The van der Waals surface area contributed by atoms with Gasteiger partial charge in [-0.25, -0.2) is 15.0 Å². The first-order valence-corrected chi connectivity index (χ1v) is 13.2. The summed E-state index contributed by atoms with van der Waals surface area (Å²) in [5.41, 5.74) is 6.75. The third kappa shape index (κ3) is 4.31. The lowest BCUT2D eigenvalue weighted by Gasteiger charge is -2.32. The maximum Gasteiger partial charge on any atom is 0.231 e. The van der Waals surface area contributed by atoms with Gasteiger partial charge in [-0.3, -0.25) is 4.79 Å². The summed E-state index contributed by atoms with van der Waals surface area (Å²) in [7, 11) is 0. The topological polar surface area (TPSA) is 108 Å². The molecule has 1 saturated carbocycles. The molecule has 0 bridgehead atoms. The Balaban J connectivity index is 1.14. The molecule has 0 unspecified atom stereocenters. The lowest BCUT2D eigenvalue weighted by atomic mass is 9.93. The van der Waals surface area contributed by atoms with Gasteiger partial charge >= 0.3 is 0 Å². The van der Waals surface area contributed by atoms with Crippen molar-refractivity contribution in [3.05, 3.63) is 22.9 Å². The maximum absolute atomic E-state index is 12.3. The number of benzene rings is 1. The highest BCUT2D eigenvalue weighted by molar-refractivity contribution is 9.10. The molecule has 1 aliphatic carbocycles. The molecule has 2 N–H and O–H groups in total. The molecule has 2 fully saturated rings. The number of nitrogens with two attached hydrogens (primary N) is 1. The number of anilines is 1. The average molecular weight is 545 g/mol. The summed E-state index contributed by atoms with van der Waals surface area (Å²) in [6.07, 6.45) is 7.01. The largest absolute Gasteiger partial charge is 0.454 e. The monoisotopic (exact) mass is 544 g/mol. The Kier molecular flexibility index (Phi) is 5.76. The smallest absolute Gasteiger partial charge is 0.231 e. The van der Waals surface area contributed by atoms with Crippen LogP contribution in [0.25, 0.3) is 11.5 Å². The lowest BCUT2D eigenvalue weighted by molar-refractivity contribution is -0.134. The second kappa shape index (κ2) is 8.92. The van der Waals surface area contributed by atoms with Gasteiger partial charge < -0.3 is 24.7 Å². The number of fused-ring (bicyclic) bond motifs is 2. The fourth-order valence-electron chi connectivity index (χ4n) is 4.57. The zero-order valence-corrected chi connectivity index (χ0v) is 21.0. The minimum absolute atomic E-state index is 0.227. The Hall–Kier alpha value is -2.53. The molecule has 1 saturated heterocycles. The van der Waals surface area contributed by atoms with Gasteiger partial charge in [0.05, 0.1) is 6.33 Å². The van der Waals surface area contributed by atoms with Crippen LogP contribution in [0.2, 0.25) is 0 Å². The van der Waals surface area contributed by atoms with Gasteiger partial charge in [0.15, 0.2) is 34.0 Å². The molecule has 9 nitrogen and oxygen atoms in total. The summed E-state index contributed by atoms with van der Waals surface area (Å²) in [6, 6.07) is 3.82. The second-order valence-electron chi connectivity index (χ2n) is 9.07. The van der Waals surface area contributed by atoms with E-state index >= 15 is 0 Å². The van der Waals surface area contributed by atoms with Gasteiger partial charge in [0.2, 0.25) is 12.7 Å². The minimum Gasteiger partial charge on any atom is -0.454 e. The number of aryl methyl sites for hydroxylation is 1. The number of likely N-dealkylation sites (tertiary alicyclic amines) is 1. The van der Waals surface area contributed by atoms with E-state index in [9.17, 15) is 4.79 Å². The van der Waals surface area contributed by atoms with Gasteiger partial charge in [0, 0.05) is 34.9 Å². The third-order valence-corrected chi connectivity index (χ3v) is 8.57. The number of hydrogen-bond donors (Lipinski definition) is 1. The van der Waals surface area contributed by atoms with Crippen molar-refractivity contribution in [1.29, 1.82) is 0 Å². The van der Waals surface area contributed by atoms with E-state index in [1.54, 1.807) is 6.33 Å². The van der Waals surface area contributed by atoms with Crippen molar-refractivity contribution in [2.45, 2.75) is 48.7 Å². The third-order valence-electron chi connectivity index (χ3n) is 6.73. The average Bonchev–Trinajstić information content (AvgIpc) is 3.45. The summed E-state index contributed by atoms with van der Waals surface area (Å²) in [4.78, 5) is 29.1. The van der Waals surface area contributed by atoms with Crippen LogP contribution in [0.15, 0.2) is 33.0 Å². The number of hydrogen-bond acceptors (Lipinski definition) is 8. The molecule has 0 atom stereocenters. The first kappa shape index (κ1) is 22.0. The van der Waals surface area contributed by atoms with Gasteiger partial charge in [-0.05, 0) is 77.8 Å². The number of rotatable bonds is 6. The number of piperidine rings is 1. The molecule has 6 rings (SSSR count). The van der Waals surface area contributed by atoms with Crippen LogP contribution >= 0.6 is 27.7 Å². The second-order valence-corrected chi connectivity index (χ2v) is 10.9. The molecule has 5 aliphatic rings. The maximum atomic E-state index is 12.3. The van der Waals surface area contributed by atoms with E-state index in [2.05, 4.69) is 30.8 Å². The van der Waals surface area contributed by atoms with E-state index < -0.39 is 0 Å². The molecule has 11 heteroatoms. The van der Waals surface area contributed by atoms with Crippen LogP contribution < -0.4 is 15.2 Å². The normalized spacial score (nSPS) is 18.1. The molecule has 0 radical (unpaired) electrons. The molecular weight excluding hydrogens is 520 g/mol. The molecule has 4 heterocycles. The predicted molar refractivity (Wildman–Crippen MR) is 130 cm³/mol. The number of amides is 1. The first-order chi connectivity index (χ1) is 16.5. The fourth-order valence-corrected chi connectivity index (χ4v) is 5.92. The Morgan fingerprint density at radius 2 is 1.91 bits per heavy atom. The van der Waals surface area contributed by atoms with Crippen molar-refractivity contribution in [2.24, 2.45) is 11.8 Å². The lowest BCUT2D eigenvalue weighted by Crippen LogP contribution is -2.39. The standard InChI is InChI=1S/C23H25BrN6O3S/c24-15-9-16-17(33-12-32-16)10-18(15)34-23-27-19-20(25)26-11-30(21(19)28-23)8-5-13-3-6-29(7-4-13)22(31)14-1-2-14/h9-11,13-14H,1-8,12,25H2. The molecule has 178 valence electrons. The summed E-state index contributed by atoms with van der Waals surface area (Å²) >= 11 is 5.04. The predicted octanol–water partition coefficient (Wildman–Crippen LogP) is 4.04. The SMILES string of the molecule is Nc1ncn(CCC2CCN(C(=O)C3CC3)CC2)c2nc(Sc3cc4c(cc3Br)OCO4)nc1-2. The minimum atomic E-state index is 0.227. The Morgan fingerprint density at radius 3 is 2.68 bits per heavy atom. The van der Waals surface area contributed by atoms with Crippen molar-refractivity contribution in [1.82, 2.24) is 24.4 Å². The van der Waals surface area contributed by atoms with Crippen molar-refractivity contribution in [2.75, 3.05) is 25.6 Å². The van der Waals surface area contributed by atoms with Gasteiger partial charge in [-0.15, -0.1) is 0 Å².